The lowest BCUT2D eigenvalue weighted by molar-refractivity contribution is 0.280. The number of nitrogens with zero attached hydrogens (tertiary/aromatic N) is 2. The number of rotatable bonds is 7. The van der Waals surface area contributed by atoms with Gasteiger partial charge in [0.2, 0.25) is 0 Å². The first-order valence-electron chi connectivity index (χ1n) is 7.09. The number of hydrogen-bond donors (Lipinski definition) is 1. The van der Waals surface area contributed by atoms with Gasteiger partial charge in [0.05, 0.1) is 13.3 Å². The van der Waals surface area contributed by atoms with Gasteiger partial charge in [-0.3, -0.25) is 4.68 Å². The third kappa shape index (κ3) is 4.23. The molecule has 5 heteroatoms. The topological polar surface area (TPSA) is 48.3 Å². The Morgan fingerprint density at radius 3 is 2.76 bits per heavy atom. The van der Waals surface area contributed by atoms with Crippen molar-refractivity contribution in [3.63, 3.8) is 0 Å². The molecule has 0 saturated carbocycles. The van der Waals surface area contributed by atoms with E-state index in [1.54, 1.807) is 11.8 Å². The Kier molecular flexibility index (Phi) is 5.22. The normalized spacial score (nSPS) is 10.9. The minimum Gasteiger partial charge on any atom is -0.493 e. The smallest absolute Gasteiger partial charge is 0.166 e. The minimum absolute atomic E-state index is 0.419. The van der Waals surface area contributed by atoms with Crippen LogP contribution in [0.5, 0.6) is 11.5 Å². The maximum atomic E-state index is 5.97. The van der Waals surface area contributed by atoms with Crippen molar-refractivity contribution < 1.29 is 9.47 Å². The van der Waals surface area contributed by atoms with Crippen LogP contribution in [-0.4, -0.2) is 22.9 Å². The summed E-state index contributed by atoms with van der Waals surface area (Å²) < 4.78 is 13.2. The highest BCUT2D eigenvalue weighted by molar-refractivity contribution is 5.46. The van der Waals surface area contributed by atoms with Crippen LogP contribution in [0.15, 0.2) is 30.6 Å². The van der Waals surface area contributed by atoms with Crippen molar-refractivity contribution in [3.05, 3.63) is 41.7 Å². The summed E-state index contributed by atoms with van der Waals surface area (Å²) in [5.74, 6) is 1.54. The van der Waals surface area contributed by atoms with Gasteiger partial charge in [0, 0.05) is 37.0 Å². The number of hydrogen-bond acceptors (Lipinski definition) is 4. The quantitative estimate of drug-likeness (QED) is 0.851. The Hall–Kier alpha value is -2.01. The molecule has 21 heavy (non-hydrogen) atoms. The molecule has 0 fully saturated rings. The standard InChI is InChI=1S/C16H23N3O2/c1-12(2)17-9-14-6-5-7-15(20-4)16(14)21-11-13-8-18-19(3)10-13/h5-8,10,12,17H,9,11H2,1-4H3. The lowest BCUT2D eigenvalue weighted by atomic mass is 10.1. The Balaban J connectivity index is 2.14. The summed E-state index contributed by atoms with van der Waals surface area (Å²) >= 11 is 0. The van der Waals surface area contributed by atoms with Gasteiger partial charge in [0.1, 0.15) is 6.61 Å². The van der Waals surface area contributed by atoms with Crippen molar-refractivity contribution in [3.8, 4) is 11.5 Å². The van der Waals surface area contributed by atoms with E-state index >= 15 is 0 Å². The van der Waals surface area contributed by atoms with Gasteiger partial charge in [-0.05, 0) is 6.07 Å². The first-order chi connectivity index (χ1) is 10.1. The zero-order valence-electron chi connectivity index (χ0n) is 13.1. The molecule has 1 N–H and O–H groups in total. The second kappa shape index (κ2) is 7.13. The Morgan fingerprint density at radius 2 is 2.14 bits per heavy atom. The lowest BCUT2D eigenvalue weighted by Gasteiger charge is -2.16. The van der Waals surface area contributed by atoms with Gasteiger partial charge >= 0.3 is 0 Å². The Labute approximate surface area is 125 Å². The van der Waals surface area contributed by atoms with Crippen LogP contribution in [0.1, 0.15) is 25.0 Å². The van der Waals surface area contributed by atoms with E-state index in [0.717, 1.165) is 29.2 Å². The van der Waals surface area contributed by atoms with Crippen molar-refractivity contribution in [2.75, 3.05) is 7.11 Å². The number of aryl methyl sites for hydroxylation is 1. The fourth-order valence-corrected chi connectivity index (χ4v) is 2.04. The van der Waals surface area contributed by atoms with E-state index in [4.69, 9.17) is 9.47 Å². The van der Waals surface area contributed by atoms with Crippen molar-refractivity contribution in [2.24, 2.45) is 7.05 Å². The largest absolute Gasteiger partial charge is 0.493 e. The van der Waals surface area contributed by atoms with E-state index in [1.807, 2.05) is 31.6 Å². The summed E-state index contributed by atoms with van der Waals surface area (Å²) in [5, 5.41) is 7.55. The number of ether oxygens (including phenoxy) is 2. The van der Waals surface area contributed by atoms with E-state index in [0.29, 0.717) is 12.6 Å². The number of benzene rings is 1. The predicted octanol–water partition coefficient (Wildman–Crippen LogP) is 2.51. The summed E-state index contributed by atoms with van der Waals surface area (Å²) in [6.07, 6.45) is 3.75. The predicted molar refractivity (Wildman–Crippen MR) is 82.5 cm³/mol. The molecule has 2 aromatic rings. The number of para-hydroxylation sites is 1. The molecule has 0 aliphatic heterocycles. The highest BCUT2D eigenvalue weighted by Gasteiger charge is 2.11. The van der Waals surface area contributed by atoms with Gasteiger partial charge in [-0.1, -0.05) is 26.0 Å². The molecule has 1 heterocycles. The molecule has 0 aliphatic carbocycles. The molecule has 114 valence electrons. The maximum absolute atomic E-state index is 5.97. The fourth-order valence-electron chi connectivity index (χ4n) is 2.04. The van der Waals surface area contributed by atoms with Crippen LogP contribution in [-0.2, 0) is 20.2 Å². The Bertz CT molecular complexity index is 579. The molecule has 1 aromatic carbocycles. The van der Waals surface area contributed by atoms with Gasteiger partial charge < -0.3 is 14.8 Å². The van der Waals surface area contributed by atoms with Crippen molar-refractivity contribution in [1.29, 1.82) is 0 Å². The fraction of sp³-hybridized carbons (Fsp3) is 0.438. The molecule has 0 saturated heterocycles. The minimum atomic E-state index is 0.419. The average molecular weight is 289 g/mol. The van der Waals surface area contributed by atoms with Crippen LogP contribution in [0, 0.1) is 0 Å². The first kappa shape index (κ1) is 15.4. The van der Waals surface area contributed by atoms with Crippen LogP contribution in [0.4, 0.5) is 0 Å². The summed E-state index contributed by atoms with van der Waals surface area (Å²) in [5.41, 5.74) is 2.12. The van der Waals surface area contributed by atoms with E-state index in [-0.39, 0.29) is 0 Å². The molecular weight excluding hydrogens is 266 g/mol. The summed E-state index contributed by atoms with van der Waals surface area (Å²) in [6, 6.07) is 6.36. The van der Waals surface area contributed by atoms with Gasteiger partial charge in [-0.25, -0.2) is 0 Å². The third-order valence-electron chi connectivity index (χ3n) is 3.12. The second-order valence-corrected chi connectivity index (χ2v) is 5.30. The molecule has 1 aromatic heterocycles. The molecule has 0 aliphatic rings. The average Bonchev–Trinajstić information content (AvgIpc) is 2.88. The molecule has 0 spiro atoms. The van der Waals surface area contributed by atoms with Crippen molar-refractivity contribution in [1.82, 2.24) is 15.1 Å². The third-order valence-corrected chi connectivity index (χ3v) is 3.12. The maximum Gasteiger partial charge on any atom is 0.166 e. The van der Waals surface area contributed by atoms with Crippen molar-refractivity contribution in [2.45, 2.75) is 33.0 Å². The van der Waals surface area contributed by atoms with Gasteiger partial charge in [0.15, 0.2) is 11.5 Å². The van der Waals surface area contributed by atoms with E-state index in [9.17, 15) is 0 Å². The van der Waals surface area contributed by atoms with Crippen LogP contribution in [0.3, 0.4) is 0 Å². The molecule has 5 nitrogen and oxygen atoms in total. The Morgan fingerprint density at radius 1 is 1.33 bits per heavy atom. The van der Waals surface area contributed by atoms with E-state index in [2.05, 4.69) is 30.3 Å². The van der Waals surface area contributed by atoms with Crippen molar-refractivity contribution >= 4 is 0 Å². The summed E-state index contributed by atoms with van der Waals surface area (Å²) in [4.78, 5) is 0. The van der Waals surface area contributed by atoms with Gasteiger partial charge in [-0.2, -0.15) is 5.10 Å². The van der Waals surface area contributed by atoms with E-state index < -0.39 is 0 Å². The van der Waals surface area contributed by atoms with Crippen LogP contribution >= 0.6 is 0 Å². The van der Waals surface area contributed by atoms with Crippen LogP contribution < -0.4 is 14.8 Å². The molecule has 0 unspecified atom stereocenters. The number of nitrogens with one attached hydrogen (secondary N) is 1. The zero-order valence-corrected chi connectivity index (χ0v) is 13.1. The summed E-state index contributed by atoms with van der Waals surface area (Å²) in [6.45, 7) is 5.47. The molecule has 0 bridgehead atoms. The SMILES string of the molecule is COc1cccc(CNC(C)C)c1OCc1cnn(C)c1. The van der Waals surface area contributed by atoms with Gasteiger partial charge in [-0.15, -0.1) is 0 Å². The monoisotopic (exact) mass is 289 g/mol. The summed E-state index contributed by atoms with van der Waals surface area (Å²) in [7, 11) is 3.55. The van der Waals surface area contributed by atoms with E-state index in [1.165, 1.54) is 0 Å². The molecular formula is C16H23N3O2. The molecule has 2 rings (SSSR count). The van der Waals surface area contributed by atoms with Crippen LogP contribution in [0.25, 0.3) is 0 Å². The number of aromatic nitrogens is 2. The highest BCUT2D eigenvalue weighted by Crippen LogP contribution is 2.31. The second-order valence-electron chi connectivity index (χ2n) is 5.30. The molecule has 0 amide bonds. The molecule has 0 radical (unpaired) electrons. The molecule has 0 atom stereocenters. The zero-order chi connectivity index (χ0) is 15.2. The number of methoxy groups -OCH3 is 1. The van der Waals surface area contributed by atoms with Crippen LogP contribution in [0.2, 0.25) is 0 Å². The lowest BCUT2D eigenvalue weighted by Crippen LogP contribution is -2.22. The first-order valence-corrected chi connectivity index (χ1v) is 7.09. The van der Waals surface area contributed by atoms with Gasteiger partial charge in [0.25, 0.3) is 0 Å². The highest BCUT2D eigenvalue weighted by atomic mass is 16.5.